The first-order chi connectivity index (χ1) is 8.16. The Balaban J connectivity index is 2.10. The minimum atomic E-state index is 0.466. The monoisotopic (exact) mass is 233 g/mol. The SMILES string of the molecule is CC(C)c1ccc(O)c(CC2CCNCC2)c1. The number of piperidine rings is 1. The summed E-state index contributed by atoms with van der Waals surface area (Å²) in [5, 5.41) is 13.3. The summed E-state index contributed by atoms with van der Waals surface area (Å²) in [6, 6.07) is 6.07. The van der Waals surface area contributed by atoms with Crippen LogP contribution in [-0.2, 0) is 6.42 Å². The third kappa shape index (κ3) is 3.22. The van der Waals surface area contributed by atoms with Gasteiger partial charge in [0.25, 0.3) is 0 Å². The zero-order valence-electron chi connectivity index (χ0n) is 10.9. The summed E-state index contributed by atoms with van der Waals surface area (Å²) in [7, 11) is 0. The summed E-state index contributed by atoms with van der Waals surface area (Å²) in [5.74, 6) is 1.72. The van der Waals surface area contributed by atoms with E-state index in [9.17, 15) is 5.11 Å². The average molecular weight is 233 g/mol. The molecule has 0 spiro atoms. The Kier molecular flexibility index (Phi) is 4.06. The lowest BCUT2D eigenvalue weighted by molar-refractivity contribution is 0.366. The molecular formula is C15H23NO. The van der Waals surface area contributed by atoms with E-state index in [4.69, 9.17) is 0 Å². The number of phenols is 1. The molecule has 0 aromatic heterocycles. The van der Waals surface area contributed by atoms with Gasteiger partial charge in [0.05, 0.1) is 0 Å². The molecule has 1 saturated heterocycles. The Bertz CT molecular complexity index is 367. The number of rotatable bonds is 3. The highest BCUT2D eigenvalue weighted by molar-refractivity contribution is 5.37. The number of hydrogen-bond donors (Lipinski definition) is 2. The van der Waals surface area contributed by atoms with Crippen LogP contribution in [-0.4, -0.2) is 18.2 Å². The Morgan fingerprint density at radius 1 is 1.29 bits per heavy atom. The van der Waals surface area contributed by atoms with E-state index in [1.807, 2.05) is 12.1 Å². The minimum absolute atomic E-state index is 0.466. The van der Waals surface area contributed by atoms with Crippen molar-refractivity contribution in [3.05, 3.63) is 29.3 Å². The van der Waals surface area contributed by atoms with Crippen molar-refractivity contribution in [2.24, 2.45) is 5.92 Å². The summed E-state index contributed by atoms with van der Waals surface area (Å²) in [6.45, 7) is 6.63. The van der Waals surface area contributed by atoms with Crippen molar-refractivity contribution in [2.75, 3.05) is 13.1 Å². The quantitative estimate of drug-likeness (QED) is 0.841. The summed E-state index contributed by atoms with van der Waals surface area (Å²) in [6.07, 6.45) is 3.48. The van der Waals surface area contributed by atoms with Gasteiger partial charge in [-0.05, 0) is 61.4 Å². The third-order valence-electron chi connectivity index (χ3n) is 3.74. The van der Waals surface area contributed by atoms with Crippen LogP contribution in [0.2, 0.25) is 0 Å². The molecule has 1 aliphatic heterocycles. The predicted octanol–water partition coefficient (Wildman–Crippen LogP) is 3.06. The fourth-order valence-corrected chi connectivity index (χ4v) is 2.52. The van der Waals surface area contributed by atoms with Gasteiger partial charge >= 0.3 is 0 Å². The molecule has 1 fully saturated rings. The van der Waals surface area contributed by atoms with Crippen LogP contribution in [0.4, 0.5) is 0 Å². The van der Waals surface area contributed by atoms with Crippen LogP contribution in [0.15, 0.2) is 18.2 Å². The molecule has 0 atom stereocenters. The summed E-state index contributed by atoms with van der Waals surface area (Å²) in [5.41, 5.74) is 2.45. The standard InChI is InChI=1S/C15H23NO/c1-11(2)13-3-4-15(17)14(10-13)9-12-5-7-16-8-6-12/h3-4,10-12,16-17H,5-9H2,1-2H3. The van der Waals surface area contributed by atoms with Crippen LogP contribution in [0.1, 0.15) is 43.7 Å². The molecule has 94 valence electrons. The van der Waals surface area contributed by atoms with E-state index in [-0.39, 0.29) is 0 Å². The molecule has 1 aliphatic rings. The summed E-state index contributed by atoms with van der Waals surface area (Å²) in [4.78, 5) is 0. The molecule has 1 aromatic rings. The topological polar surface area (TPSA) is 32.3 Å². The average Bonchev–Trinajstić information content (AvgIpc) is 2.33. The van der Waals surface area contributed by atoms with Gasteiger partial charge in [-0.3, -0.25) is 0 Å². The first-order valence-electron chi connectivity index (χ1n) is 6.69. The van der Waals surface area contributed by atoms with Gasteiger partial charge in [0.1, 0.15) is 5.75 Å². The zero-order valence-corrected chi connectivity index (χ0v) is 10.9. The maximum absolute atomic E-state index is 9.93. The van der Waals surface area contributed by atoms with Gasteiger partial charge < -0.3 is 10.4 Å². The number of nitrogens with one attached hydrogen (secondary N) is 1. The van der Waals surface area contributed by atoms with Crippen molar-refractivity contribution >= 4 is 0 Å². The molecule has 17 heavy (non-hydrogen) atoms. The molecule has 0 saturated carbocycles. The molecular weight excluding hydrogens is 210 g/mol. The first kappa shape index (κ1) is 12.4. The van der Waals surface area contributed by atoms with Gasteiger partial charge in [-0.15, -0.1) is 0 Å². The highest BCUT2D eigenvalue weighted by atomic mass is 16.3. The van der Waals surface area contributed by atoms with Crippen molar-refractivity contribution in [3.63, 3.8) is 0 Å². The Morgan fingerprint density at radius 2 is 2.00 bits per heavy atom. The Morgan fingerprint density at radius 3 is 2.65 bits per heavy atom. The Labute approximate surface area is 104 Å². The van der Waals surface area contributed by atoms with Gasteiger partial charge in [-0.2, -0.15) is 0 Å². The van der Waals surface area contributed by atoms with E-state index in [2.05, 4.69) is 25.2 Å². The van der Waals surface area contributed by atoms with Crippen molar-refractivity contribution < 1.29 is 5.11 Å². The lowest BCUT2D eigenvalue weighted by Gasteiger charge is -2.23. The van der Waals surface area contributed by atoms with Crippen LogP contribution in [0.3, 0.4) is 0 Å². The number of phenolic OH excluding ortho intramolecular Hbond substituents is 1. The lowest BCUT2D eigenvalue weighted by atomic mass is 9.89. The van der Waals surface area contributed by atoms with Crippen molar-refractivity contribution in [1.29, 1.82) is 0 Å². The largest absolute Gasteiger partial charge is 0.508 e. The molecule has 2 rings (SSSR count). The van der Waals surface area contributed by atoms with E-state index in [1.165, 1.54) is 18.4 Å². The lowest BCUT2D eigenvalue weighted by Crippen LogP contribution is -2.28. The highest BCUT2D eigenvalue weighted by Crippen LogP contribution is 2.27. The molecule has 1 aromatic carbocycles. The molecule has 2 N–H and O–H groups in total. The zero-order chi connectivity index (χ0) is 12.3. The number of benzene rings is 1. The predicted molar refractivity (Wildman–Crippen MR) is 71.5 cm³/mol. The summed E-state index contributed by atoms with van der Waals surface area (Å²) >= 11 is 0. The van der Waals surface area contributed by atoms with Gasteiger partial charge in [-0.1, -0.05) is 26.0 Å². The van der Waals surface area contributed by atoms with Crippen LogP contribution < -0.4 is 5.32 Å². The molecule has 0 radical (unpaired) electrons. The fraction of sp³-hybridized carbons (Fsp3) is 0.600. The van der Waals surface area contributed by atoms with E-state index in [0.29, 0.717) is 11.7 Å². The highest BCUT2D eigenvalue weighted by Gasteiger charge is 2.15. The maximum Gasteiger partial charge on any atom is 0.118 e. The smallest absolute Gasteiger partial charge is 0.118 e. The number of aromatic hydroxyl groups is 1. The molecule has 0 aliphatic carbocycles. The molecule has 2 nitrogen and oxygen atoms in total. The van der Waals surface area contributed by atoms with Crippen molar-refractivity contribution in [2.45, 2.75) is 39.0 Å². The molecule has 1 heterocycles. The second-order valence-electron chi connectivity index (χ2n) is 5.44. The molecule has 2 heteroatoms. The van der Waals surface area contributed by atoms with E-state index >= 15 is 0 Å². The second kappa shape index (κ2) is 5.54. The molecule has 0 bridgehead atoms. The normalized spacial score (nSPS) is 17.6. The first-order valence-corrected chi connectivity index (χ1v) is 6.69. The van der Waals surface area contributed by atoms with Crippen LogP contribution in [0.25, 0.3) is 0 Å². The van der Waals surface area contributed by atoms with Gasteiger partial charge in [-0.25, -0.2) is 0 Å². The molecule has 0 unspecified atom stereocenters. The number of hydrogen-bond acceptors (Lipinski definition) is 2. The minimum Gasteiger partial charge on any atom is -0.508 e. The van der Waals surface area contributed by atoms with Crippen molar-refractivity contribution in [3.8, 4) is 5.75 Å². The third-order valence-corrected chi connectivity index (χ3v) is 3.74. The Hall–Kier alpha value is -1.02. The second-order valence-corrected chi connectivity index (χ2v) is 5.44. The van der Waals surface area contributed by atoms with Gasteiger partial charge in [0.15, 0.2) is 0 Å². The van der Waals surface area contributed by atoms with E-state index in [0.717, 1.165) is 31.0 Å². The van der Waals surface area contributed by atoms with E-state index < -0.39 is 0 Å². The fourth-order valence-electron chi connectivity index (χ4n) is 2.52. The van der Waals surface area contributed by atoms with E-state index in [1.54, 1.807) is 0 Å². The molecule has 0 amide bonds. The van der Waals surface area contributed by atoms with Crippen LogP contribution >= 0.6 is 0 Å². The van der Waals surface area contributed by atoms with Gasteiger partial charge in [0, 0.05) is 0 Å². The summed E-state index contributed by atoms with van der Waals surface area (Å²) < 4.78 is 0. The van der Waals surface area contributed by atoms with Crippen molar-refractivity contribution in [1.82, 2.24) is 5.32 Å². The van der Waals surface area contributed by atoms with Gasteiger partial charge in [0.2, 0.25) is 0 Å². The van der Waals surface area contributed by atoms with Crippen LogP contribution in [0, 0.1) is 5.92 Å². The maximum atomic E-state index is 9.93. The van der Waals surface area contributed by atoms with Crippen LogP contribution in [0.5, 0.6) is 5.75 Å².